The van der Waals surface area contributed by atoms with Crippen LogP contribution in [0.3, 0.4) is 0 Å². The molecule has 0 aromatic rings. The molecule has 0 fully saturated rings. The van der Waals surface area contributed by atoms with Crippen LogP contribution in [0, 0.1) is 0 Å². The number of esters is 1. The summed E-state index contributed by atoms with van der Waals surface area (Å²) >= 11 is 0. The van der Waals surface area contributed by atoms with Crippen molar-refractivity contribution in [1.82, 2.24) is 0 Å². The second kappa shape index (κ2) is 19.2. The molecule has 0 atom stereocenters. The Hall–Kier alpha value is -1.58. The Labute approximate surface area is 166 Å². The van der Waals surface area contributed by atoms with E-state index < -0.39 is 5.97 Å². The van der Waals surface area contributed by atoms with Crippen LogP contribution in [0.15, 0.2) is 25.3 Å². The number of hydrogen-bond donors (Lipinski definition) is 1. The van der Waals surface area contributed by atoms with Gasteiger partial charge >= 0.3 is 11.9 Å². The van der Waals surface area contributed by atoms with Crippen molar-refractivity contribution in [2.24, 2.45) is 0 Å². The summed E-state index contributed by atoms with van der Waals surface area (Å²) < 4.78 is 5.73. The van der Waals surface area contributed by atoms with E-state index >= 15 is 0 Å². The van der Waals surface area contributed by atoms with Crippen LogP contribution >= 0.6 is 0 Å². The van der Waals surface area contributed by atoms with Gasteiger partial charge in [0.15, 0.2) is 0 Å². The lowest BCUT2D eigenvalue weighted by atomic mass is 10.0. The van der Waals surface area contributed by atoms with Crippen LogP contribution in [0.2, 0.25) is 0 Å². The highest BCUT2D eigenvalue weighted by molar-refractivity contribution is 5.69. The first-order valence-corrected chi connectivity index (χ1v) is 10.7. The van der Waals surface area contributed by atoms with Gasteiger partial charge in [0.25, 0.3) is 0 Å². The number of ether oxygens (including phenoxy) is 1. The average molecular weight is 381 g/mol. The molecule has 27 heavy (non-hydrogen) atoms. The summed E-state index contributed by atoms with van der Waals surface area (Å²) in [7, 11) is 0. The fraction of sp³-hybridized carbons (Fsp3) is 0.739. The van der Waals surface area contributed by atoms with Crippen LogP contribution < -0.4 is 0 Å². The SMILES string of the molecule is C=CCCCCCC(CCCCCC=C)OC(=O)CCCCCCC(=O)O. The second-order valence-electron chi connectivity index (χ2n) is 7.27. The molecule has 0 bridgehead atoms. The predicted molar refractivity (Wildman–Crippen MR) is 112 cm³/mol. The van der Waals surface area contributed by atoms with Crippen LogP contribution in [0.1, 0.15) is 103 Å². The van der Waals surface area contributed by atoms with E-state index in [0.717, 1.165) is 83.5 Å². The van der Waals surface area contributed by atoms with Crippen LogP contribution in [0.4, 0.5) is 0 Å². The summed E-state index contributed by atoms with van der Waals surface area (Å²) in [6.07, 6.45) is 18.6. The quantitative estimate of drug-likeness (QED) is 0.147. The zero-order chi connectivity index (χ0) is 20.2. The van der Waals surface area contributed by atoms with Gasteiger partial charge in [-0.05, 0) is 64.2 Å². The molecule has 0 saturated heterocycles. The number of allylic oxidation sites excluding steroid dienone is 2. The highest BCUT2D eigenvalue weighted by Crippen LogP contribution is 2.17. The average Bonchev–Trinajstić information content (AvgIpc) is 2.63. The van der Waals surface area contributed by atoms with Crippen molar-refractivity contribution in [3.8, 4) is 0 Å². The predicted octanol–water partition coefficient (Wildman–Crippen LogP) is 6.60. The molecule has 0 aliphatic carbocycles. The van der Waals surface area contributed by atoms with Crippen LogP contribution in [-0.2, 0) is 14.3 Å². The lowest BCUT2D eigenvalue weighted by Gasteiger charge is -2.18. The van der Waals surface area contributed by atoms with E-state index in [0.29, 0.717) is 12.8 Å². The number of carbonyl (C=O) groups is 2. The van der Waals surface area contributed by atoms with Gasteiger partial charge in [-0.15, -0.1) is 13.2 Å². The van der Waals surface area contributed by atoms with Gasteiger partial charge in [-0.25, -0.2) is 0 Å². The highest BCUT2D eigenvalue weighted by atomic mass is 16.5. The number of carbonyl (C=O) groups excluding carboxylic acids is 1. The molecule has 1 N–H and O–H groups in total. The lowest BCUT2D eigenvalue weighted by Crippen LogP contribution is -2.18. The number of aliphatic carboxylic acids is 1. The first kappa shape index (κ1) is 25.4. The van der Waals surface area contributed by atoms with Crippen molar-refractivity contribution in [3.05, 3.63) is 25.3 Å². The Morgan fingerprint density at radius 3 is 1.70 bits per heavy atom. The summed E-state index contributed by atoms with van der Waals surface area (Å²) in [4.78, 5) is 22.6. The van der Waals surface area contributed by atoms with E-state index in [1.54, 1.807) is 0 Å². The minimum Gasteiger partial charge on any atom is -0.481 e. The van der Waals surface area contributed by atoms with Gasteiger partial charge in [-0.3, -0.25) is 9.59 Å². The molecule has 4 nitrogen and oxygen atoms in total. The number of unbranched alkanes of at least 4 members (excludes halogenated alkanes) is 9. The maximum absolute atomic E-state index is 12.1. The normalized spacial score (nSPS) is 10.7. The molecule has 0 heterocycles. The Bertz CT molecular complexity index is 385. The fourth-order valence-electron chi connectivity index (χ4n) is 3.08. The van der Waals surface area contributed by atoms with Gasteiger partial charge in [0.05, 0.1) is 0 Å². The molecular formula is C23H40O4. The maximum Gasteiger partial charge on any atom is 0.306 e. The van der Waals surface area contributed by atoms with E-state index in [-0.39, 0.29) is 18.5 Å². The Kier molecular flexibility index (Phi) is 18.1. The minimum absolute atomic E-state index is 0.0389. The minimum atomic E-state index is -0.751. The molecule has 0 aromatic carbocycles. The van der Waals surface area contributed by atoms with Crippen molar-refractivity contribution < 1.29 is 19.4 Å². The summed E-state index contributed by atoms with van der Waals surface area (Å²) in [6, 6.07) is 0. The first-order chi connectivity index (χ1) is 13.1. The Balaban J connectivity index is 4.01. The first-order valence-electron chi connectivity index (χ1n) is 10.7. The highest BCUT2D eigenvalue weighted by Gasteiger charge is 2.14. The third kappa shape index (κ3) is 19.0. The Morgan fingerprint density at radius 2 is 1.22 bits per heavy atom. The topological polar surface area (TPSA) is 63.6 Å². The third-order valence-corrected chi connectivity index (χ3v) is 4.69. The monoisotopic (exact) mass is 380 g/mol. The molecule has 0 aromatic heterocycles. The van der Waals surface area contributed by atoms with Gasteiger partial charge in [0.1, 0.15) is 6.10 Å². The molecule has 0 unspecified atom stereocenters. The molecule has 0 saturated carbocycles. The van der Waals surface area contributed by atoms with Gasteiger partial charge in [0, 0.05) is 12.8 Å². The van der Waals surface area contributed by atoms with Crippen LogP contribution in [0.5, 0.6) is 0 Å². The van der Waals surface area contributed by atoms with Crippen LogP contribution in [0.25, 0.3) is 0 Å². The molecule has 0 amide bonds. The van der Waals surface area contributed by atoms with E-state index in [2.05, 4.69) is 13.2 Å². The van der Waals surface area contributed by atoms with Crippen molar-refractivity contribution >= 4 is 11.9 Å². The van der Waals surface area contributed by atoms with Gasteiger partial charge in [0.2, 0.25) is 0 Å². The Morgan fingerprint density at radius 1 is 0.741 bits per heavy atom. The molecule has 0 aliphatic heterocycles. The van der Waals surface area contributed by atoms with E-state index in [9.17, 15) is 9.59 Å². The fourth-order valence-corrected chi connectivity index (χ4v) is 3.08. The molecule has 0 spiro atoms. The number of hydrogen-bond acceptors (Lipinski definition) is 3. The largest absolute Gasteiger partial charge is 0.481 e. The van der Waals surface area contributed by atoms with E-state index in [1.807, 2.05) is 12.2 Å². The zero-order valence-corrected chi connectivity index (χ0v) is 17.1. The molecule has 0 aliphatic rings. The van der Waals surface area contributed by atoms with E-state index in [1.165, 1.54) is 0 Å². The molecule has 4 heteroatoms. The second-order valence-corrected chi connectivity index (χ2v) is 7.27. The summed E-state index contributed by atoms with van der Waals surface area (Å²) in [6.45, 7) is 7.50. The standard InChI is InChI=1S/C23H40O4/c1-3-5-7-9-13-17-21(18-14-10-8-6-4-2)27-23(26)20-16-12-11-15-19-22(24)25/h3-4,21H,1-2,5-20H2,(H,24,25). The smallest absolute Gasteiger partial charge is 0.306 e. The summed E-state index contributed by atoms with van der Waals surface area (Å²) in [5.74, 6) is -0.853. The van der Waals surface area contributed by atoms with Crippen molar-refractivity contribution in [1.29, 1.82) is 0 Å². The maximum atomic E-state index is 12.1. The van der Waals surface area contributed by atoms with Crippen LogP contribution in [-0.4, -0.2) is 23.1 Å². The van der Waals surface area contributed by atoms with Crippen molar-refractivity contribution in [2.45, 2.75) is 109 Å². The van der Waals surface area contributed by atoms with Crippen molar-refractivity contribution in [3.63, 3.8) is 0 Å². The van der Waals surface area contributed by atoms with E-state index in [4.69, 9.17) is 9.84 Å². The third-order valence-electron chi connectivity index (χ3n) is 4.69. The lowest BCUT2D eigenvalue weighted by molar-refractivity contribution is -0.150. The van der Waals surface area contributed by atoms with Gasteiger partial charge < -0.3 is 9.84 Å². The van der Waals surface area contributed by atoms with Crippen molar-refractivity contribution in [2.75, 3.05) is 0 Å². The van der Waals surface area contributed by atoms with Gasteiger partial charge in [-0.2, -0.15) is 0 Å². The summed E-state index contributed by atoms with van der Waals surface area (Å²) in [5, 5.41) is 8.61. The summed E-state index contributed by atoms with van der Waals surface area (Å²) in [5.41, 5.74) is 0. The molecular weight excluding hydrogens is 340 g/mol. The number of carboxylic acid groups (broad SMARTS) is 1. The molecule has 156 valence electrons. The number of rotatable bonds is 20. The molecule has 0 rings (SSSR count). The number of carboxylic acids is 1. The zero-order valence-electron chi connectivity index (χ0n) is 17.1. The molecule has 0 radical (unpaired) electrons. The van der Waals surface area contributed by atoms with Gasteiger partial charge in [-0.1, -0.05) is 37.8 Å².